The van der Waals surface area contributed by atoms with Crippen molar-refractivity contribution in [2.45, 2.75) is 13.8 Å². The van der Waals surface area contributed by atoms with Crippen molar-refractivity contribution in [2.24, 2.45) is 0 Å². The van der Waals surface area contributed by atoms with Gasteiger partial charge in [-0.25, -0.2) is 0 Å². The first-order valence-corrected chi connectivity index (χ1v) is 4.87. The Balaban J connectivity index is 3.09. The second kappa shape index (κ2) is 4.38. The number of rotatable bonds is 2. The maximum atomic E-state index is 11.5. The van der Waals surface area contributed by atoms with Crippen LogP contribution in [0.1, 0.15) is 22.8 Å². The van der Waals surface area contributed by atoms with Gasteiger partial charge in [-0.1, -0.05) is 22.0 Å². The van der Waals surface area contributed by atoms with Crippen LogP contribution in [-0.4, -0.2) is 5.78 Å². The minimum absolute atomic E-state index is 0.0625. The van der Waals surface area contributed by atoms with E-state index >= 15 is 0 Å². The topological polar surface area (TPSA) is 17.1 Å². The van der Waals surface area contributed by atoms with Crippen molar-refractivity contribution in [3.05, 3.63) is 46.0 Å². The molecule has 0 aliphatic heterocycles. The molecule has 0 aliphatic rings. The lowest BCUT2D eigenvalue weighted by Gasteiger charge is -2.01. The van der Waals surface area contributed by atoms with Gasteiger partial charge in [-0.2, -0.15) is 0 Å². The van der Waals surface area contributed by atoms with Crippen LogP contribution in [0.3, 0.4) is 0 Å². The minimum Gasteiger partial charge on any atom is -0.289 e. The molecule has 68 valence electrons. The van der Waals surface area contributed by atoms with Gasteiger partial charge in [-0.15, -0.1) is 0 Å². The van der Waals surface area contributed by atoms with E-state index in [1.54, 1.807) is 12.2 Å². The van der Waals surface area contributed by atoms with Gasteiger partial charge in [0.15, 0.2) is 5.78 Å². The quantitative estimate of drug-likeness (QED) is 0.570. The second-order valence-corrected chi connectivity index (χ2v) is 3.74. The summed E-state index contributed by atoms with van der Waals surface area (Å²) in [6.07, 6.45) is 3.33. The number of hydrogen-bond donors (Lipinski definition) is 0. The van der Waals surface area contributed by atoms with Crippen LogP contribution >= 0.6 is 15.9 Å². The van der Waals surface area contributed by atoms with Crippen molar-refractivity contribution < 1.29 is 4.79 Å². The molecule has 0 bridgehead atoms. The maximum Gasteiger partial charge on any atom is 0.185 e. The van der Waals surface area contributed by atoms with E-state index in [1.807, 2.05) is 32.0 Å². The normalized spacial score (nSPS) is 10.7. The van der Waals surface area contributed by atoms with E-state index in [1.165, 1.54) is 0 Å². The third kappa shape index (κ3) is 2.52. The van der Waals surface area contributed by atoms with Crippen LogP contribution in [0.15, 0.2) is 34.8 Å². The fourth-order valence-electron chi connectivity index (χ4n) is 1.14. The van der Waals surface area contributed by atoms with E-state index in [0.29, 0.717) is 0 Å². The zero-order valence-electron chi connectivity index (χ0n) is 7.67. The fourth-order valence-corrected chi connectivity index (χ4v) is 1.62. The molecule has 0 amide bonds. The molecular formula is C11H11BrO. The third-order valence-corrected chi connectivity index (χ3v) is 2.27. The van der Waals surface area contributed by atoms with Crippen LogP contribution in [0.4, 0.5) is 0 Å². The summed E-state index contributed by atoms with van der Waals surface area (Å²) in [5.74, 6) is 0.0625. The first-order valence-electron chi connectivity index (χ1n) is 4.08. The molecule has 1 nitrogen and oxygen atoms in total. The SMILES string of the molecule is C/C=C/C(=O)c1ccc(Br)cc1C. The Bertz CT molecular complexity index is 353. The predicted octanol–water partition coefficient (Wildman–Crippen LogP) is 3.52. The fraction of sp³-hybridized carbons (Fsp3) is 0.182. The number of hydrogen-bond acceptors (Lipinski definition) is 1. The molecule has 0 heterocycles. The molecule has 0 fully saturated rings. The molecule has 1 aromatic carbocycles. The number of halogens is 1. The van der Waals surface area contributed by atoms with Crippen molar-refractivity contribution in [3.63, 3.8) is 0 Å². The lowest BCUT2D eigenvalue weighted by Crippen LogP contribution is -1.97. The molecule has 2 heteroatoms. The lowest BCUT2D eigenvalue weighted by atomic mass is 10.0. The summed E-state index contributed by atoms with van der Waals surface area (Å²) in [4.78, 5) is 11.5. The van der Waals surface area contributed by atoms with Crippen LogP contribution in [0.2, 0.25) is 0 Å². The van der Waals surface area contributed by atoms with Crippen LogP contribution in [0.25, 0.3) is 0 Å². The van der Waals surface area contributed by atoms with Gasteiger partial charge in [0, 0.05) is 10.0 Å². The monoisotopic (exact) mass is 238 g/mol. The molecule has 0 N–H and O–H groups in total. The van der Waals surface area contributed by atoms with E-state index < -0.39 is 0 Å². The first-order chi connectivity index (χ1) is 6.15. The number of carbonyl (C=O) groups is 1. The summed E-state index contributed by atoms with van der Waals surface area (Å²) < 4.78 is 1.00. The maximum absolute atomic E-state index is 11.5. The van der Waals surface area contributed by atoms with Gasteiger partial charge < -0.3 is 0 Å². The van der Waals surface area contributed by atoms with Crippen molar-refractivity contribution in [1.29, 1.82) is 0 Å². The average molecular weight is 239 g/mol. The van der Waals surface area contributed by atoms with E-state index in [0.717, 1.165) is 15.6 Å². The summed E-state index contributed by atoms with van der Waals surface area (Å²) in [7, 11) is 0. The Morgan fingerprint density at radius 3 is 2.69 bits per heavy atom. The summed E-state index contributed by atoms with van der Waals surface area (Å²) in [6.45, 7) is 3.77. The molecule has 13 heavy (non-hydrogen) atoms. The second-order valence-electron chi connectivity index (χ2n) is 2.82. The van der Waals surface area contributed by atoms with Gasteiger partial charge in [0.1, 0.15) is 0 Å². The zero-order chi connectivity index (χ0) is 9.84. The van der Waals surface area contributed by atoms with Crippen LogP contribution in [0.5, 0.6) is 0 Å². The highest BCUT2D eigenvalue weighted by Gasteiger charge is 2.04. The molecule has 0 saturated carbocycles. The number of aryl methyl sites for hydroxylation is 1. The molecular weight excluding hydrogens is 228 g/mol. The summed E-state index contributed by atoms with van der Waals surface area (Å²) >= 11 is 3.36. The molecule has 1 aromatic rings. The van der Waals surface area contributed by atoms with E-state index in [-0.39, 0.29) is 5.78 Å². The number of benzene rings is 1. The van der Waals surface area contributed by atoms with Gasteiger partial charge >= 0.3 is 0 Å². The number of carbonyl (C=O) groups excluding carboxylic acids is 1. The van der Waals surface area contributed by atoms with E-state index in [9.17, 15) is 4.79 Å². The highest BCUT2D eigenvalue weighted by molar-refractivity contribution is 9.10. The molecule has 0 aromatic heterocycles. The van der Waals surface area contributed by atoms with Gasteiger partial charge in [0.05, 0.1) is 0 Å². The highest BCUT2D eigenvalue weighted by Crippen LogP contribution is 2.16. The van der Waals surface area contributed by atoms with Gasteiger partial charge in [0.25, 0.3) is 0 Å². The standard InChI is InChI=1S/C11H11BrO/c1-3-4-11(13)10-6-5-9(12)7-8(10)2/h3-7H,1-2H3/b4-3+. The van der Waals surface area contributed by atoms with Crippen molar-refractivity contribution >= 4 is 21.7 Å². The van der Waals surface area contributed by atoms with Crippen LogP contribution < -0.4 is 0 Å². The molecule has 0 unspecified atom stereocenters. The van der Waals surface area contributed by atoms with E-state index in [4.69, 9.17) is 0 Å². The molecule has 0 aliphatic carbocycles. The first kappa shape index (κ1) is 10.2. The van der Waals surface area contributed by atoms with E-state index in [2.05, 4.69) is 15.9 Å². The van der Waals surface area contributed by atoms with Crippen molar-refractivity contribution in [3.8, 4) is 0 Å². The largest absolute Gasteiger partial charge is 0.289 e. The van der Waals surface area contributed by atoms with Gasteiger partial charge in [-0.3, -0.25) is 4.79 Å². The smallest absolute Gasteiger partial charge is 0.185 e. The highest BCUT2D eigenvalue weighted by atomic mass is 79.9. The van der Waals surface area contributed by atoms with Crippen molar-refractivity contribution in [1.82, 2.24) is 0 Å². The minimum atomic E-state index is 0.0625. The van der Waals surface area contributed by atoms with Crippen molar-refractivity contribution in [2.75, 3.05) is 0 Å². The lowest BCUT2D eigenvalue weighted by molar-refractivity contribution is 0.104. The Morgan fingerprint density at radius 1 is 1.46 bits per heavy atom. The number of ketones is 1. The Kier molecular flexibility index (Phi) is 3.43. The third-order valence-electron chi connectivity index (χ3n) is 1.77. The van der Waals surface area contributed by atoms with Crippen LogP contribution in [-0.2, 0) is 0 Å². The summed E-state index contributed by atoms with van der Waals surface area (Å²) in [5, 5.41) is 0. The number of allylic oxidation sites excluding steroid dienone is 2. The molecule has 1 rings (SSSR count). The predicted molar refractivity (Wildman–Crippen MR) is 58.0 cm³/mol. The average Bonchev–Trinajstić information content (AvgIpc) is 2.04. The molecule has 0 atom stereocenters. The zero-order valence-corrected chi connectivity index (χ0v) is 9.26. The molecule has 0 spiro atoms. The Hall–Kier alpha value is -0.890. The van der Waals surface area contributed by atoms with Gasteiger partial charge in [-0.05, 0) is 43.7 Å². The Labute approximate surface area is 86.6 Å². The Morgan fingerprint density at radius 2 is 2.15 bits per heavy atom. The molecule has 0 radical (unpaired) electrons. The summed E-state index contributed by atoms with van der Waals surface area (Å²) in [6, 6.07) is 5.65. The van der Waals surface area contributed by atoms with Gasteiger partial charge in [0.2, 0.25) is 0 Å². The molecule has 0 saturated heterocycles. The summed E-state index contributed by atoms with van der Waals surface area (Å²) in [5.41, 5.74) is 1.76. The van der Waals surface area contributed by atoms with Crippen LogP contribution in [0, 0.1) is 6.92 Å².